The molecule has 4 rings (SSSR count). The highest BCUT2D eigenvalue weighted by molar-refractivity contribution is 7.95. The third-order valence-electron chi connectivity index (χ3n) is 5.38. The summed E-state index contributed by atoms with van der Waals surface area (Å²) >= 11 is 0. The zero-order chi connectivity index (χ0) is 21.9. The van der Waals surface area contributed by atoms with Crippen molar-refractivity contribution in [1.29, 1.82) is 0 Å². The monoisotopic (exact) mass is 439 g/mol. The van der Waals surface area contributed by atoms with E-state index < -0.39 is 24.8 Å². The lowest BCUT2D eigenvalue weighted by Crippen LogP contribution is -2.33. The summed E-state index contributed by atoms with van der Waals surface area (Å²) in [5.74, 6) is -0.890. The number of halogens is 4. The van der Waals surface area contributed by atoms with E-state index in [9.17, 15) is 17.6 Å². The maximum atomic E-state index is 13.9. The zero-order valence-corrected chi connectivity index (χ0v) is 17.5. The van der Waals surface area contributed by atoms with E-state index in [0.29, 0.717) is 6.07 Å². The summed E-state index contributed by atoms with van der Waals surface area (Å²) in [7, 11) is -2.51. The molecule has 156 valence electrons. The standard InChI is InChI=1S/C26H20F4P/c27-21-17-16-20(25(18-21)26(28,29)30)19-31(22-10-4-1-5-11-22,23-12-6-2-7-13-23)24-14-8-3-9-15-24/h1-18H,19H2/q+1. The van der Waals surface area contributed by atoms with Gasteiger partial charge in [0, 0.05) is 5.56 Å². The minimum absolute atomic E-state index is 0.0961. The van der Waals surface area contributed by atoms with Gasteiger partial charge < -0.3 is 0 Å². The van der Waals surface area contributed by atoms with Gasteiger partial charge in [0.2, 0.25) is 0 Å². The Bertz CT molecular complexity index is 1040. The van der Waals surface area contributed by atoms with Crippen LogP contribution in [0, 0.1) is 5.82 Å². The van der Waals surface area contributed by atoms with E-state index in [0.717, 1.165) is 22.0 Å². The predicted molar refractivity (Wildman–Crippen MR) is 120 cm³/mol. The summed E-state index contributed by atoms with van der Waals surface area (Å²) in [6, 6.07) is 32.0. The molecular weight excluding hydrogens is 419 g/mol. The summed E-state index contributed by atoms with van der Waals surface area (Å²) < 4.78 is 55.4. The number of hydrogen-bond donors (Lipinski definition) is 0. The van der Waals surface area contributed by atoms with Gasteiger partial charge in [-0.05, 0) is 48.5 Å². The fraction of sp³-hybridized carbons (Fsp3) is 0.0769. The molecule has 0 bridgehead atoms. The zero-order valence-electron chi connectivity index (χ0n) is 16.6. The Morgan fingerprint density at radius 2 is 1.00 bits per heavy atom. The Labute approximate surface area is 179 Å². The summed E-state index contributed by atoms with van der Waals surface area (Å²) in [6.45, 7) is 0. The quantitative estimate of drug-likeness (QED) is 0.252. The number of alkyl halides is 3. The molecule has 0 saturated carbocycles. The minimum Gasteiger partial charge on any atom is -0.207 e. The van der Waals surface area contributed by atoms with Gasteiger partial charge in [-0.3, -0.25) is 0 Å². The van der Waals surface area contributed by atoms with Crippen LogP contribution in [0.5, 0.6) is 0 Å². The summed E-state index contributed by atoms with van der Waals surface area (Å²) in [4.78, 5) is 0. The maximum Gasteiger partial charge on any atom is 0.416 e. The van der Waals surface area contributed by atoms with Gasteiger partial charge >= 0.3 is 6.18 Å². The maximum absolute atomic E-state index is 13.9. The van der Waals surface area contributed by atoms with E-state index >= 15 is 0 Å². The van der Waals surface area contributed by atoms with Gasteiger partial charge in [0.1, 0.15) is 29.0 Å². The van der Waals surface area contributed by atoms with Crippen molar-refractivity contribution in [3.05, 3.63) is 126 Å². The third kappa shape index (κ3) is 4.26. The van der Waals surface area contributed by atoms with Crippen LogP contribution in [-0.2, 0) is 12.3 Å². The van der Waals surface area contributed by atoms with Gasteiger partial charge in [-0.25, -0.2) is 4.39 Å². The average molecular weight is 439 g/mol. The van der Waals surface area contributed by atoms with Gasteiger partial charge in [-0.1, -0.05) is 60.7 Å². The topological polar surface area (TPSA) is 0 Å². The van der Waals surface area contributed by atoms with E-state index in [1.807, 2.05) is 91.0 Å². The number of benzene rings is 4. The van der Waals surface area contributed by atoms with Gasteiger partial charge in [0.15, 0.2) is 0 Å². The summed E-state index contributed by atoms with van der Waals surface area (Å²) in [5, 5.41) is 2.93. The molecule has 0 amide bonds. The highest BCUT2D eigenvalue weighted by Gasteiger charge is 2.47. The second-order valence-electron chi connectivity index (χ2n) is 7.27. The van der Waals surface area contributed by atoms with Crippen molar-refractivity contribution in [3.63, 3.8) is 0 Å². The van der Waals surface area contributed by atoms with Gasteiger partial charge in [-0.2, -0.15) is 13.2 Å². The summed E-state index contributed by atoms with van der Waals surface area (Å²) in [5.41, 5.74) is -0.821. The Balaban J connectivity index is 2.03. The first-order valence-electron chi connectivity index (χ1n) is 9.82. The number of hydrogen-bond acceptors (Lipinski definition) is 0. The molecule has 0 aliphatic rings. The molecule has 0 aliphatic heterocycles. The molecule has 0 aromatic heterocycles. The molecule has 5 heteroatoms. The molecule has 0 atom stereocenters. The van der Waals surface area contributed by atoms with Crippen LogP contribution in [0.15, 0.2) is 109 Å². The smallest absolute Gasteiger partial charge is 0.207 e. The molecule has 0 heterocycles. The van der Waals surface area contributed by atoms with E-state index in [2.05, 4.69) is 0 Å². The molecule has 0 N–H and O–H groups in total. The van der Waals surface area contributed by atoms with E-state index in [-0.39, 0.29) is 11.7 Å². The van der Waals surface area contributed by atoms with Crippen molar-refractivity contribution < 1.29 is 17.6 Å². The molecule has 4 aromatic carbocycles. The first-order valence-corrected chi connectivity index (χ1v) is 11.8. The van der Waals surface area contributed by atoms with Crippen molar-refractivity contribution in [1.82, 2.24) is 0 Å². The predicted octanol–water partition coefficient (Wildman–Crippen LogP) is 6.34. The van der Waals surface area contributed by atoms with E-state index in [4.69, 9.17) is 0 Å². The molecule has 0 spiro atoms. The van der Waals surface area contributed by atoms with Crippen LogP contribution < -0.4 is 15.9 Å². The van der Waals surface area contributed by atoms with Crippen LogP contribution in [-0.4, -0.2) is 0 Å². The third-order valence-corrected chi connectivity index (χ3v) is 9.73. The lowest BCUT2D eigenvalue weighted by atomic mass is 10.1. The summed E-state index contributed by atoms with van der Waals surface area (Å²) in [6.07, 6.45) is -4.50. The fourth-order valence-corrected chi connectivity index (χ4v) is 8.25. The van der Waals surface area contributed by atoms with E-state index in [1.54, 1.807) is 0 Å². The normalized spacial score (nSPS) is 12.0. The minimum atomic E-state index is -4.64. The Hall–Kier alpha value is -2.97. The molecule has 0 saturated heterocycles. The highest BCUT2D eigenvalue weighted by atomic mass is 31.2. The molecule has 0 aliphatic carbocycles. The van der Waals surface area contributed by atoms with Crippen molar-refractivity contribution in [3.8, 4) is 0 Å². The lowest BCUT2D eigenvalue weighted by molar-refractivity contribution is -0.138. The SMILES string of the molecule is Fc1ccc(C[P+](c2ccccc2)(c2ccccc2)c2ccccc2)c(C(F)(F)F)c1. The van der Waals surface area contributed by atoms with Crippen LogP contribution in [0.25, 0.3) is 0 Å². The first kappa shape index (κ1) is 21.3. The lowest BCUT2D eigenvalue weighted by Gasteiger charge is -2.28. The van der Waals surface area contributed by atoms with Crippen molar-refractivity contribution >= 4 is 23.2 Å². The highest BCUT2D eigenvalue weighted by Crippen LogP contribution is 2.59. The van der Waals surface area contributed by atoms with Crippen LogP contribution in [0.3, 0.4) is 0 Å². The van der Waals surface area contributed by atoms with Crippen LogP contribution >= 0.6 is 7.26 Å². The average Bonchev–Trinajstić information content (AvgIpc) is 2.79. The van der Waals surface area contributed by atoms with Crippen LogP contribution in [0.1, 0.15) is 11.1 Å². The number of rotatable bonds is 5. The van der Waals surface area contributed by atoms with Gasteiger partial charge in [-0.15, -0.1) is 0 Å². The van der Waals surface area contributed by atoms with Crippen LogP contribution in [0.2, 0.25) is 0 Å². The second-order valence-corrected chi connectivity index (χ2v) is 10.8. The molecule has 4 aromatic rings. The van der Waals surface area contributed by atoms with Gasteiger partial charge in [0.25, 0.3) is 0 Å². The largest absolute Gasteiger partial charge is 0.416 e. The van der Waals surface area contributed by atoms with Crippen molar-refractivity contribution in [2.75, 3.05) is 0 Å². The van der Waals surface area contributed by atoms with Crippen molar-refractivity contribution in [2.24, 2.45) is 0 Å². The molecule has 0 radical (unpaired) electrons. The first-order chi connectivity index (χ1) is 14.9. The fourth-order valence-electron chi connectivity index (χ4n) is 3.97. The molecular formula is C26H20F4P+. The molecule has 31 heavy (non-hydrogen) atoms. The molecule has 0 unspecified atom stereocenters. The second kappa shape index (κ2) is 8.64. The molecule has 0 fully saturated rings. The Kier molecular flexibility index (Phi) is 5.93. The van der Waals surface area contributed by atoms with Crippen LogP contribution in [0.4, 0.5) is 17.6 Å². The Morgan fingerprint density at radius 1 is 0.581 bits per heavy atom. The Morgan fingerprint density at radius 3 is 1.39 bits per heavy atom. The molecule has 0 nitrogen and oxygen atoms in total. The van der Waals surface area contributed by atoms with E-state index in [1.165, 1.54) is 6.07 Å². The van der Waals surface area contributed by atoms with Crippen molar-refractivity contribution in [2.45, 2.75) is 12.3 Å². The van der Waals surface area contributed by atoms with Gasteiger partial charge in [0.05, 0.1) is 11.7 Å².